The van der Waals surface area contributed by atoms with Gasteiger partial charge in [-0.1, -0.05) is 30.3 Å². The molecule has 2 rings (SSSR count). The number of aromatic nitrogens is 2. The van der Waals surface area contributed by atoms with Gasteiger partial charge in [0.05, 0.1) is 17.7 Å². The summed E-state index contributed by atoms with van der Waals surface area (Å²) in [6.45, 7) is -1.14. The van der Waals surface area contributed by atoms with Crippen LogP contribution in [-0.2, 0) is 33.9 Å². The van der Waals surface area contributed by atoms with Crippen LogP contribution in [0, 0.1) is 0 Å². The molecule has 1 aromatic heterocycles. The van der Waals surface area contributed by atoms with Gasteiger partial charge in [-0.05, 0) is 5.56 Å². The van der Waals surface area contributed by atoms with Crippen molar-refractivity contribution in [2.75, 3.05) is 13.1 Å². The van der Waals surface area contributed by atoms with Crippen LogP contribution in [0.5, 0.6) is 5.88 Å². The Bertz CT molecular complexity index is 1060. The van der Waals surface area contributed by atoms with E-state index in [0.29, 0.717) is 5.56 Å². The molecular formula is C19H24N7O7-. The number of nitrogens with two attached hydrogens (primary N) is 2. The van der Waals surface area contributed by atoms with Gasteiger partial charge in [0, 0.05) is 19.5 Å². The second-order valence-electron chi connectivity index (χ2n) is 6.76. The zero-order valence-electron chi connectivity index (χ0n) is 17.4. The number of carboxylic acid groups (broad SMARTS) is 1. The molecule has 0 bridgehead atoms. The van der Waals surface area contributed by atoms with Gasteiger partial charge in [-0.3, -0.25) is 14.4 Å². The average molecular weight is 462 g/mol. The van der Waals surface area contributed by atoms with Crippen LogP contribution in [0.25, 0.3) is 0 Å². The number of benzene rings is 1. The smallest absolute Gasteiger partial charge is 0.408 e. The van der Waals surface area contributed by atoms with Crippen LogP contribution in [0.3, 0.4) is 0 Å². The molecule has 14 nitrogen and oxygen atoms in total. The zero-order valence-corrected chi connectivity index (χ0v) is 17.4. The number of aliphatic carboxylic acids is 1. The Morgan fingerprint density at radius 3 is 2.58 bits per heavy atom. The number of aromatic hydroxyl groups is 1. The highest BCUT2D eigenvalue weighted by molar-refractivity contribution is 5.81. The SMILES string of the molecule is NC(N)=NCCc1[nH]c(=O)n(CC(=O)NCC(NC(=O)OCc2ccccc2)C(=O)[O-])c1O. The first kappa shape index (κ1) is 24.8. The quantitative estimate of drug-likeness (QED) is 0.146. The minimum atomic E-state index is -1.66. The van der Waals surface area contributed by atoms with E-state index in [1.165, 1.54) is 0 Å². The lowest BCUT2D eigenvalue weighted by Gasteiger charge is -2.20. The highest BCUT2D eigenvalue weighted by atomic mass is 16.5. The maximum absolute atomic E-state index is 12.1. The number of guanidine groups is 1. The Balaban J connectivity index is 1.87. The summed E-state index contributed by atoms with van der Waals surface area (Å²) in [7, 11) is 0. The molecule has 0 saturated heterocycles. The van der Waals surface area contributed by atoms with Crippen LogP contribution >= 0.6 is 0 Å². The molecule has 14 heteroatoms. The van der Waals surface area contributed by atoms with Crippen molar-refractivity contribution in [3.05, 3.63) is 52.1 Å². The topological polar surface area (TPSA) is 230 Å². The summed E-state index contributed by atoms with van der Waals surface area (Å²) >= 11 is 0. The van der Waals surface area contributed by atoms with Crippen LogP contribution in [0.4, 0.5) is 4.79 Å². The number of amides is 2. The van der Waals surface area contributed by atoms with Crippen LogP contribution < -0.4 is 32.9 Å². The maximum atomic E-state index is 12.1. The molecule has 0 aliphatic rings. The van der Waals surface area contributed by atoms with E-state index in [0.717, 1.165) is 4.57 Å². The fourth-order valence-electron chi connectivity index (χ4n) is 2.65. The lowest BCUT2D eigenvalue weighted by molar-refractivity contribution is -0.308. The van der Waals surface area contributed by atoms with Crippen LogP contribution in [0.1, 0.15) is 11.3 Å². The second kappa shape index (κ2) is 11.8. The summed E-state index contributed by atoms with van der Waals surface area (Å²) in [4.78, 5) is 53.3. The number of aromatic amines is 1. The summed E-state index contributed by atoms with van der Waals surface area (Å²) < 4.78 is 5.68. The lowest BCUT2D eigenvalue weighted by atomic mass is 10.2. The summed E-state index contributed by atoms with van der Waals surface area (Å²) in [5.74, 6) is -3.10. The summed E-state index contributed by atoms with van der Waals surface area (Å²) in [5, 5.41) is 25.7. The van der Waals surface area contributed by atoms with Crippen molar-refractivity contribution in [3.63, 3.8) is 0 Å². The van der Waals surface area contributed by atoms with Gasteiger partial charge >= 0.3 is 11.8 Å². The summed E-state index contributed by atoms with van der Waals surface area (Å²) in [6.07, 6.45) is -0.915. The minimum Gasteiger partial charge on any atom is -0.548 e. The second-order valence-corrected chi connectivity index (χ2v) is 6.76. The highest BCUT2D eigenvalue weighted by Gasteiger charge is 2.18. The van der Waals surface area contributed by atoms with Crippen LogP contribution in [-0.4, -0.2) is 57.7 Å². The third-order valence-corrected chi connectivity index (χ3v) is 4.28. The van der Waals surface area contributed by atoms with Gasteiger partial charge in [-0.25, -0.2) is 9.59 Å². The van der Waals surface area contributed by atoms with Crippen molar-refractivity contribution in [3.8, 4) is 5.88 Å². The standard InChI is InChI=1S/C19H25N7O7/c20-17(21)22-7-6-12-15(28)26(18(31)24-12)9-14(27)23-8-13(16(29)30)25-19(32)33-10-11-4-2-1-3-5-11/h1-5,13,28H,6-10H2,(H,23,27)(H,24,31)(H,25,32)(H,29,30)(H4,20,21,22)/p-1. The number of carboxylic acids is 1. The van der Waals surface area contributed by atoms with E-state index in [2.05, 4.69) is 20.6 Å². The average Bonchev–Trinajstić information content (AvgIpc) is 3.03. The Hall–Kier alpha value is -4.49. The van der Waals surface area contributed by atoms with Gasteiger partial charge < -0.3 is 46.8 Å². The Morgan fingerprint density at radius 2 is 1.94 bits per heavy atom. The first-order chi connectivity index (χ1) is 15.7. The molecule has 33 heavy (non-hydrogen) atoms. The number of aliphatic imine (C=N–C) groups is 1. The fourth-order valence-corrected chi connectivity index (χ4v) is 2.65. The van der Waals surface area contributed by atoms with Crippen molar-refractivity contribution in [1.82, 2.24) is 20.2 Å². The summed E-state index contributed by atoms with van der Waals surface area (Å²) in [5.41, 5.74) is 10.5. The van der Waals surface area contributed by atoms with Crippen LogP contribution in [0.2, 0.25) is 0 Å². The van der Waals surface area contributed by atoms with Gasteiger partial charge in [0.15, 0.2) is 5.96 Å². The molecule has 0 radical (unpaired) electrons. The molecule has 0 fully saturated rings. The first-order valence-electron chi connectivity index (χ1n) is 9.68. The molecule has 2 amide bonds. The summed E-state index contributed by atoms with van der Waals surface area (Å²) in [6, 6.07) is 7.12. The number of hydrogen-bond acceptors (Lipinski definition) is 8. The van der Waals surface area contributed by atoms with Gasteiger partial charge in [0.2, 0.25) is 11.8 Å². The monoisotopic (exact) mass is 462 g/mol. The number of alkyl carbamates (subject to hydrolysis) is 1. The predicted octanol–water partition coefficient (Wildman–Crippen LogP) is -3.14. The maximum Gasteiger partial charge on any atom is 0.408 e. The number of nitrogens with zero attached hydrogens (tertiary/aromatic N) is 2. The number of H-pyrrole nitrogens is 1. The molecule has 8 N–H and O–H groups in total. The number of ether oxygens (including phenoxy) is 1. The number of nitrogens with one attached hydrogen (secondary N) is 3. The third-order valence-electron chi connectivity index (χ3n) is 4.28. The lowest BCUT2D eigenvalue weighted by Crippen LogP contribution is -2.54. The number of carbonyl (C=O) groups is 3. The van der Waals surface area contributed by atoms with Gasteiger partial charge in [-0.2, -0.15) is 0 Å². The van der Waals surface area contributed by atoms with E-state index in [1.54, 1.807) is 30.3 Å². The van der Waals surface area contributed by atoms with E-state index < -0.39 is 48.7 Å². The first-order valence-corrected chi connectivity index (χ1v) is 9.68. The predicted molar refractivity (Wildman–Crippen MR) is 113 cm³/mol. The fraction of sp³-hybridized carbons (Fsp3) is 0.316. The normalized spacial score (nSPS) is 11.3. The van der Waals surface area contributed by atoms with Crippen molar-refractivity contribution in [2.45, 2.75) is 25.6 Å². The molecule has 2 aromatic rings. The Kier molecular flexibility index (Phi) is 8.85. The molecule has 0 aliphatic carbocycles. The van der Waals surface area contributed by atoms with E-state index in [1.807, 2.05) is 0 Å². The molecule has 1 unspecified atom stereocenters. The molecule has 0 spiro atoms. The number of carbonyl (C=O) groups excluding carboxylic acids is 3. The molecule has 1 atom stereocenters. The van der Waals surface area contributed by atoms with E-state index in [9.17, 15) is 29.4 Å². The highest BCUT2D eigenvalue weighted by Crippen LogP contribution is 2.12. The number of imidazole rings is 1. The Morgan fingerprint density at radius 1 is 1.24 bits per heavy atom. The van der Waals surface area contributed by atoms with E-state index in [4.69, 9.17) is 16.2 Å². The van der Waals surface area contributed by atoms with Crippen molar-refractivity contribution >= 4 is 23.9 Å². The molecular weight excluding hydrogens is 438 g/mol. The number of hydrogen-bond donors (Lipinski definition) is 6. The van der Waals surface area contributed by atoms with E-state index >= 15 is 0 Å². The minimum absolute atomic E-state index is 0.0833. The third kappa shape index (κ3) is 7.93. The zero-order chi connectivity index (χ0) is 24.4. The van der Waals surface area contributed by atoms with Crippen molar-refractivity contribution < 1.29 is 29.3 Å². The van der Waals surface area contributed by atoms with Gasteiger partial charge in [0.1, 0.15) is 13.2 Å². The molecule has 178 valence electrons. The van der Waals surface area contributed by atoms with E-state index in [-0.39, 0.29) is 31.2 Å². The van der Waals surface area contributed by atoms with Gasteiger partial charge in [-0.15, -0.1) is 0 Å². The molecule has 1 aromatic carbocycles. The number of rotatable bonds is 11. The van der Waals surface area contributed by atoms with Crippen molar-refractivity contribution in [2.24, 2.45) is 16.5 Å². The molecule has 0 saturated carbocycles. The Labute approximate surface area is 187 Å². The molecule has 0 aliphatic heterocycles. The molecule has 1 heterocycles. The van der Waals surface area contributed by atoms with Crippen molar-refractivity contribution in [1.29, 1.82) is 0 Å². The van der Waals surface area contributed by atoms with Crippen LogP contribution in [0.15, 0.2) is 40.1 Å². The van der Waals surface area contributed by atoms with Gasteiger partial charge in [0.25, 0.3) is 0 Å². The largest absolute Gasteiger partial charge is 0.548 e.